The van der Waals surface area contributed by atoms with Crippen molar-refractivity contribution in [3.8, 4) is 10.4 Å². The zero-order valence-electron chi connectivity index (χ0n) is 11.1. The summed E-state index contributed by atoms with van der Waals surface area (Å²) in [6.45, 7) is 3.95. The van der Waals surface area contributed by atoms with Gasteiger partial charge < -0.3 is 10.1 Å². The number of nitrogens with one attached hydrogen (secondary N) is 1. The maximum Gasteiger partial charge on any atom is 0.185 e. The molecule has 1 aromatic heterocycles. The number of aldehydes is 1. The number of benzene rings is 1. The predicted octanol–water partition coefficient (Wildman–Crippen LogP) is 4.27. The molecule has 0 fully saturated rings. The highest BCUT2D eigenvalue weighted by Gasteiger charge is 2.35. The van der Waals surface area contributed by atoms with Gasteiger partial charge in [-0.3, -0.25) is 4.79 Å². The number of carbonyl (C=O) groups excluding carboxylic acids is 1. The van der Waals surface area contributed by atoms with E-state index in [4.69, 9.17) is 16.3 Å². The van der Waals surface area contributed by atoms with Gasteiger partial charge >= 0.3 is 0 Å². The molecule has 2 aromatic rings. The highest BCUT2D eigenvalue weighted by Crippen LogP contribution is 2.45. The molecule has 104 valence electrons. The van der Waals surface area contributed by atoms with Gasteiger partial charge in [-0.05, 0) is 37.6 Å². The second-order valence-corrected chi connectivity index (χ2v) is 6.68. The van der Waals surface area contributed by atoms with Crippen LogP contribution in [0.15, 0.2) is 30.3 Å². The smallest absolute Gasteiger partial charge is 0.185 e. The number of hydrogen-bond acceptors (Lipinski definition) is 4. The van der Waals surface area contributed by atoms with Crippen LogP contribution < -0.4 is 5.32 Å². The molecule has 0 saturated carbocycles. The fraction of sp³-hybridized carbons (Fsp3) is 0.267. The predicted molar refractivity (Wildman–Crippen MR) is 82.4 cm³/mol. The third kappa shape index (κ3) is 2.35. The molecular weight excluding hydrogens is 294 g/mol. The lowest BCUT2D eigenvalue weighted by Crippen LogP contribution is -2.38. The lowest BCUT2D eigenvalue weighted by Gasteiger charge is -2.34. The lowest BCUT2D eigenvalue weighted by atomic mass is 10.0. The van der Waals surface area contributed by atoms with E-state index >= 15 is 0 Å². The van der Waals surface area contributed by atoms with Gasteiger partial charge in [0.1, 0.15) is 5.60 Å². The van der Waals surface area contributed by atoms with E-state index < -0.39 is 11.8 Å². The van der Waals surface area contributed by atoms with Crippen molar-refractivity contribution in [1.82, 2.24) is 0 Å². The normalized spacial score (nSPS) is 20.1. The van der Waals surface area contributed by atoms with Gasteiger partial charge in [-0.25, -0.2) is 0 Å². The minimum atomic E-state index is -0.598. The minimum absolute atomic E-state index is 0.479. The van der Waals surface area contributed by atoms with Gasteiger partial charge in [0, 0.05) is 9.90 Å². The first-order chi connectivity index (χ1) is 9.49. The van der Waals surface area contributed by atoms with E-state index in [1.165, 1.54) is 0 Å². The van der Waals surface area contributed by atoms with Crippen molar-refractivity contribution in [2.75, 3.05) is 5.32 Å². The summed E-state index contributed by atoms with van der Waals surface area (Å²) in [7, 11) is 0. The van der Waals surface area contributed by atoms with Crippen LogP contribution in [-0.4, -0.2) is 12.5 Å². The largest absolute Gasteiger partial charge is 0.353 e. The van der Waals surface area contributed by atoms with Crippen LogP contribution in [0.3, 0.4) is 0 Å². The molecule has 0 saturated heterocycles. The van der Waals surface area contributed by atoms with Crippen LogP contribution in [0.4, 0.5) is 5.69 Å². The summed E-state index contributed by atoms with van der Waals surface area (Å²) in [5.41, 5.74) is 1.55. The van der Waals surface area contributed by atoms with Gasteiger partial charge in [0.15, 0.2) is 12.5 Å². The number of anilines is 1. The monoisotopic (exact) mass is 307 g/mol. The number of carbonyl (C=O) groups is 1. The quantitative estimate of drug-likeness (QED) is 0.842. The Morgan fingerprint density at radius 2 is 2.20 bits per heavy atom. The SMILES string of the molecule is CC1(C)OC(C=O)Nc2cc(-c3cccc(Cl)c3)sc21. The second kappa shape index (κ2) is 4.88. The van der Waals surface area contributed by atoms with Gasteiger partial charge in [-0.1, -0.05) is 23.7 Å². The van der Waals surface area contributed by atoms with Crippen molar-refractivity contribution in [3.63, 3.8) is 0 Å². The average Bonchev–Trinajstić information content (AvgIpc) is 2.83. The Kier molecular flexibility index (Phi) is 3.32. The van der Waals surface area contributed by atoms with Gasteiger partial charge in [0.25, 0.3) is 0 Å². The standard InChI is InChI=1S/C15H14ClNO2S/c1-15(2)14-11(17-13(8-18)19-15)7-12(20-14)9-4-3-5-10(16)6-9/h3-8,13,17H,1-2H3. The average molecular weight is 308 g/mol. The van der Waals surface area contributed by atoms with Crippen molar-refractivity contribution >= 4 is 34.9 Å². The van der Waals surface area contributed by atoms with E-state index in [0.29, 0.717) is 5.02 Å². The van der Waals surface area contributed by atoms with Gasteiger partial charge in [-0.2, -0.15) is 0 Å². The zero-order valence-corrected chi connectivity index (χ0v) is 12.7. The number of fused-ring (bicyclic) bond motifs is 1. The molecule has 1 aliphatic rings. The molecule has 5 heteroatoms. The number of ether oxygens (including phenoxy) is 1. The van der Waals surface area contributed by atoms with Crippen molar-refractivity contribution in [3.05, 3.63) is 40.2 Å². The molecule has 1 N–H and O–H groups in total. The lowest BCUT2D eigenvalue weighted by molar-refractivity contribution is -0.128. The molecule has 0 radical (unpaired) electrons. The molecule has 1 aromatic carbocycles. The van der Waals surface area contributed by atoms with Crippen LogP contribution in [-0.2, 0) is 15.1 Å². The Bertz CT molecular complexity index is 666. The van der Waals surface area contributed by atoms with E-state index in [2.05, 4.69) is 5.32 Å². The first-order valence-electron chi connectivity index (χ1n) is 6.29. The summed E-state index contributed by atoms with van der Waals surface area (Å²) in [6.07, 6.45) is 0.181. The van der Waals surface area contributed by atoms with E-state index in [0.717, 1.165) is 27.3 Å². The second-order valence-electron chi connectivity index (χ2n) is 5.19. The number of thiophene rings is 1. The molecule has 0 aliphatic carbocycles. The van der Waals surface area contributed by atoms with Crippen molar-refractivity contribution < 1.29 is 9.53 Å². The Balaban J connectivity index is 2.06. The minimum Gasteiger partial charge on any atom is -0.353 e. The summed E-state index contributed by atoms with van der Waals surface area (Å²) in [6, 6.07) is 9.79. The summed E-state index contributed by atoms with van der Waals surface area (Å²) >= 11 is 7.70. The highest BCUT2D eigenvalue weighted by molar-refractivity contribution is 7.16. The maximum atomic E-state index is 11.0. The summed E-state index contributed by atoms with van der Waals surface area (Å²) in [4.78, 5) is 13.2. The topological polar surface area (TPSA) is 38.3 Å². The molecule has 1 atom stereocenters. The fourth-order valence-corrected chi connectivity index (χ4v) is 3.70. The van der Waals surface area contributed by atoms with Crippen LogP contribution in [0, 0.1) is 0 Å². The molecule has 1 aliphatic heterocycles. The van der Waals surface area contributed by atoms with Crippen LogP contribution in [0.2, 0.25) is 5.02 Å². The fourth-order valence-electron chi connectivity index (χ4n) is 2.34. The van der Waals surface area contributed by atoms with Crippen LogP contribution >= 0.6 is 22.9 Å². The zero-order chi connectivity index (χ0) is 14.3. The Morgan fingerprint density at radius 3 is 2.90 bits per heavy atom. The maximum absolute atomic E-state index is 11.0. The van der Waals surface area contributed by atoms with Crippen LogP contribution in [0.25, 0.3) is 10.4 Å². The van der Waals surface area contributed by atoms with Gasteiger partial charge in [0.05, 0.1) is 10.6 Å². The van der Waals surface area contributed by atoms with Crippen LogP contribution in [0.1, 0.15) is 18.7 Å². The summed E-state index contributed by atoms with van der Waals surface area (Å²) < 4.78 is 5.73. The Morgan fingerprint density at radius 1 is 1.40 bits per heavy atom. The van der Waals surface area contributed by atoms with Crippen molar-refractivity contribution in [1.29, 1.82) is 0 Å². The first-order valence-corrected chi connectivity index (χ1v) is 7.49. The van der Waals surface area contributed by atoms with E-state index in [9.17, 15) is 4.79 Å². The molecule has 0 spiro atoms. The molecule has 1 unspecified atom stereocenters. The Hall–Kier alpha value is -1.36. The molecule has 20 heavy (non-hydrogen) atoms. The first kappa shape index (κ1) is 13.6. The van der Waals surface area contributed by atoms with Crippen molar-refractivity contribution in [2.24, 2.45) is 0 Å². The van der Waals surface area contributed by atoms with E-state index in [1.807, 2.05) is 44.2 Å². The Labute approximate surface area is 126 Å². The number of rotatable bonds is 2. The number of hydrogen-bond donors (Lipinski definition) is 1. The number of halogens is 1. The molecule has 3 rings (SSSR count). The third-order valence-corrected chi connectivity index (χ3v) is 4.96. The molecule has 0 bridgehead atoms. The van der Waals surface area contributed by atoms with E-state index in [-0.39, 0.29) is 0 Å². The highest BCUT2D eigenvalue weighted by atomic mass is 35.5. The third-order valence-electron chi connectivity index (χ3n) is 3.23. The molecule has 2 heterocycles. The van der Waals surface area contributed by atoms with Crippen LogP contribution in [0.5, 0.6) is 0 Å². The molecule has 3 nitrogen and oxygen atoms in total. The van der Waals surface area contributed by atoms with E-state index in [1.54, 1.807) is 11.3 Å². The summed E-state index contributed by atoms with van der Waals surface area (Å²) in [5, 5.41) is 3.81. The van der Waals surface area contributed by atoms with Gasteiger partial charge in [0.2, 0.25) is 0 Å². The summed E-state index contributed by atoms with van der Waals surface area (Å²) in [5.74, 6) is 0. The molecule has 0 amide bonds. The van der Waals surface area contributed by atoms with Crippen molar-refractivity contribution in [2.45, 2.75) is 25.7 Å². The van der Waals surface area contributed by atoms with Gasteiger partial charge in [-0.15, -0.1) is 11.3 Å². The molecular formula is C15H14ClNO2S.